The Labute approximate surface area is 600 Å². The van der Waals surface area contributed by atoms with E-state index < -0.39 is 341 Å². The minimum atomic E-state index is -2.52. The number of ether oxygens (including phenoxy) is 17. The predicted molar refractivity (Wildman–Crippen MR) is 324 cm³/mol. The largest absolute Gasteiger partial charge is 0.394 e. The van der Waals surface area contributed by atoms with E-state index in [0.717, 1.165) is 20.8 Å². The summed E-state index contributed by atoms with van der Waals surface area (Å²) in [5, 5.41) is 272. The number of hydrogen-bond donors (Lipinski definition) is 27. The van der Waals surface area contributed by atoms with Gasteiger partial charge in [0.2, 0.25) is 17.7 Å². The van der Waals surface area contributed by atoms with Crippen LogP contribution in [0.4, 0.5) is 0 Å². The van der Waals surface area contributed by atoms with Crippen LogP contribution in [-0.2, 0) is 94.9 Å². The Bertz CT molecular complexity index is 2760. The Kier molecular flexibility index (Phi) is 30.8. The van der Waals surface area contributed by atoms with E-state index in [1.54, 1.807) is 0 Å². The third-order valence-corrected chi connectivity index (χ3v) is 19.5. The molecule has 27 N–H and O–H groups in total. The zero-order valence-electron chi connectivity index (χ0n) is 57.0. The highest BCUT2D eigenvalue weighted by atomic mass is 16.8. The second-order valence-electron chi connectivity index (χ2n) is 27.0. The predicted octanol–water partition coefficient (Wildman–Crippen LogP) is -18.5. The molecule has 9 heterocycles. The first-order valence-electron chi connectivity index (χ1n) is 33.9. The first kappa shape index (κ1) is 86.7. The van der Waals surface area contributed by atoms with Crippen LogP contribution in [0.25, 0.3) is 0 Å². The first-order valence-corrected chi connectivity index (χ1v) is 33.9. The van der Waals surface area contributed by atoms with Crippen molar-refractivity contribution in [2.24, 2.45) is 0 Å². The molecule has 9 fully saturated rings. The van der Waals surface area contributed by atoms with Gasteiger partial charge in [0.25, 0.3) is 0 Å². The normalized spacial score (nSPS) is 50.4. The Balaban J connectivity index is 1.06. The van der Waals surface area contributed by atoms with Crippen molar-refractivity contribution < 1.29 is 217 Å². The molecule has 9 aliphatic heterocycles. The number of aliphatic hydroxyl groups excluding tert-OH is 24. The molecule has 0 aromatic rings. The van der Waals surface area contributed by atoms with Crippen LogP contribution in [0.15, 0.2) is 0 Å². The molecule has 0 aromatic carbocycles. The van der Waals surface area contributed by atoms with Gasteiger partial charge in [0.15, 0.2) is 56.6 Å². The molecule has 0 bridgehead atoms. The van der Waals surface area contributed by atoms with Gasteiger partial charge in [0.1, 0.15) is 207 Å². The molecule has 0 spiro atoms. The summed E-state index contributed by atoms with van der Waals surface area (Å²) in [6, 6.07) is -5.57. The lowest BCUT2D eigenvalue weighted by Crippen LogP contribution is -2.71. The number of rotatable bonds is 26. The van der Waals surface area contributed by atoms with Crippen molar-refractivity contribution in [2.45, 2.75) is 298 Å². The van der Waals surface area contributed by atoms with Crippen LogP contribution in [-0.4, -0.2) is 463 Å². The summed E-state index contributed by atoms with van der Waals surface area (Å²) < 4.78 is 101. The second-order valence-corrected chi connectivity index (χ2v) is 27.0. The summed E-state index contributed by atoms with van der Waals surface area (Å²) in [4.78, 5) is 38.8. The number of nitrogens with one attached hydrogen (secondary N) is 3. The van der Waals surface area contributed by atoms with Gasteiger partial charge in [0.05, 0.1) is 59.0 Å². The molecule has 9 saturated heterocycles. The molecule has 0 radical (unpaired) electrons. The zero-order valence-corrected chi connectivity index (χ0v) is 57.0. The molecule has 47 nitrogen and oxygen atoms in total. The molecule has 614 valence electrons. The molecule has 0 aliphatic carbocycles. The van der Waals surface area contributed by atoms with E-state index in [9.17, 15) is 137 Å². The van der Waals surface area contributed by atoms with E-state index in [1.165, 1.54) is 6.92 Å². The van der Waals surface area contributed by atoms with Crippen molar-refractivity contribution in [3.63, 3.8) is 0 Å². The summed E-state index contributed by atoms with van der Waals surface area (Å²) in [5.74, 6) is -2.72. The van der Waals surface area contributed by atoms with Crippen LogP contribution in [0.5, 0.6) is 0 Å². The molecule has 44 atom stereocenters. The molecule has 3 amide bonds. The minimum absolute atomic E-state index is 0.812. The van der Waals surface area contributed by atoms with Crippen LogP contribution in [0, 0.1) is 0 Å². The van der Waals surface area contributed by atoms with E-state index in [0.29, 0.717) is 0 Å². The van der Waals surface area contributed by atoms with Crippen molar-refractivity contribution in [3.8, 4) is 0 Å². The molecular formula is C59H99N3O44. The minimum Gasteiger partial charge on any atom is -0.394 e. The van der Waals surface area contributed by atoms with Crippen molar-refractivity contribution in [1.29, 1.82) is 0 Å². The Morgan fingerprint density at radius 1 is 0.302 bits per heavy atom. The van der Waals surface area contributed by atoms with Crippen molar-refractivity contribution in [3.05, 3.63) is 0 Å². The number of carbonyl (C=O) groups is 3. The zero-order chi connectivity index (χ0) is 77.9. The van der Waals surface area contributed by atoms with Gasteiger partial charge in [-0.25, -0.2) is 0 Å². The topological polar surface area (TPSA) is 730 Å². The smallest absolute Gasteiger partial charge is 0.217 e. The first-order chi connectivity index (χ1) is 50.1. The summed E-state index contributed by atoms with van der Waals surface area (Å²) >= 11 is 0. The number of amides is 3. The number of hydrogen-bond acceptors (Lipinski definition) is 44. The van der Waals surface area contributed by atoms with E-state index in [-0.39, 0.29) is 0 Å². The average molecular weight is 1550 g/mol. The molecule has 0 aromatic heterocycles. The highest BCUT2D eigenvalue weighted by Crippen LogP contribution is 2.40. The maximum absolute atomic E-state index is 13.2. The molecule has 1 unspecified atom stereocenters. The van der Waals surface area contributed by atoms with Crippen LogP contribution in [0.3, 0.4) is 0 Å². The fraction of sp³-hybridized carbons (Fsp3) is 0.949. The van der Waals surface area contributed by atoms with Gasteiger partial charge in [-0.1, -0.05) is 0 Å². The lowest BCUT2D eigenvalue weighted by atomic mass is 9.93. The third kappa shape index (κ3) is 18.8. The van der Waals surface area contributed by atoms with Gasteiger partial charge in [-0.05, 0) is 6.92 Å². The quantitative estimate of drug-likeness (QED) is 0.0382. The van der Waals surface area contributed by atoms with Crippen molar-refractivity contribution in [2.75, 3.05) is 52.9 Å². The maximum Gasteiger partial charge on any atom is 0.217 e. The summed E-state index contributed by atoms with van der Waals surface area (Å²) in [7, 11) is 0. The summed E-state index contributed by atoms with van der Waals surface area (Å²) in [5.41, 5.74) is 0. The fourth-order valence-corrected chi connectivity index (χ4v) is 13.7. The van der Waals surface area contributed by atoms with Gasteiger partial charge in [-0.2, -0.15) is 0 Å². The van der Waals surface area contributed by atoms with Gasteiger partial charge in [-0.3, -0.25) is 14.4 Å². The van der Waals surface area contributed by atoms with E-state index in [4.69, 9.17) is 80.5 Å². The Morgan fingerprint density at radius 3 is 1.24 bits per heavy atom. The SMILES string of the molecule is CC(=O)N[C@H]1[C@H](O[C@H]2[C@H](O[C@@H]3O[C@@H](C)[C@@H](O)[C@@H](O)[C@@H]3O)[C@@H](NC(C)=O)C(O)O[C@@H]2CO)O[C@H](CO)[C@@H](O[C@@H]2O[C@H](CO[C@H]3O[C@H](CO)[C@@H](O)[C@@H](O)[C@@H]3O)[C@@H](O)[C@H](O[C@H]3O[C@H](CO)[C@@H](O[C@@H]4O[C@H](CO)[C@@H](O)[C@H](O[C@@H]5O[C@H](CO)[C@H](O)[C@H](O)[C@H]5O)[C@H]4NC(C)=O)[C@H](O)[C@@H]3O)[C@@H]2O[C@@H]2OC[C@@H](O)[C@H](O)[C@H]2O)[C@@H]1O. The molecule has 0 saturated carbocycles. The number of aliphatic hydroxyl groups is 24. The molecule has 9 rings (SSSR count). The van der Waals surface area contributed by atoms with Crippen LogP contribution >= 0.6 is 0 Å². The third-order valence-electron chi connectivity index (χ3n) is 19.5. The summed E-state index contributed by atoms with van der Waals surface area (Å²) in [6.45, 7) is -4.24. The number of carbonyl (C=O) groups excluding carboxylic acids is 3. The monoisotopic (exact) mass is 1550 g/mol. The van der Waals surface area contributed by atoms with Crippen LogP contribution in [0.1, 0.15) is 27.7 Å². The molecule has 9 aliphatic rings. The summed E-state index contributed by atoms with van der Waals surface area (Å²) in [6.07, 6.45) is -83.6. The highest BCUT2D eigenvalue weighted by molar-refractivity contribution is 5.74. The van der Waals surface area contributed by atoms with Crippen molar-refractivity contribution in [1.82, 2.24) is 16.0 Å². The van der Waals surface area contributed by atoms with E-state index in [2.05, 4.69) is 16.0 Å². The van der Waals surface area contributed by atoms with Gasteiger partial charge in [-0.15, -0.1) is 0 Å². The van der Waals surface area contributed by atoms with Crippen molar-refractivity contribution >= 4 is 17.7 Å². The fourth-order valence-electron chi connectivity index (χ4n) is 13.7. The Hall–Kier alpha value is -3.23. The molecule has 106 heavy (non-hydrogen) atoms. The lowest BCUT2D eigenvalue weighted by molar-refractivity contribution is -0.408. The lowest BCUT2D eigenvalue weighted by Gasteiger charge is -2.52. The maximum atomic E-state index is 13.2. The van der Waals surface area contributed by atoms with E-state index >= 15 is 0 Å². The second kappa shape index (κ2) is 37.6. The van der Waals surface area contributed by atoms with Gasteiger partial charge in [0, 0.05) is 20.8 Å². The average Bonchev–Trinajstić information content (AvgIpc) is 0.760. The molecule has 47 heteroatoms. The van der Waals surface area contributed by atoms with Gasteiger partial charge >= 0.3 is 0 Å². The standard InChI is InChI=1S/C59H99N3O44/c1-13-28(73)35(80)41(86)56(92-13)104-48-26(61-15(3)70)51(89)93-23(10-68)46(48)102-52-25(60-14(2)69)34(79)44(21(8-66)97-52)101-59-50(106-55-39(84)29(74)17(72)11-90-55)49(33(78)24(99-59)12-91-54-40(85)36(81)30(75)18(5-63)95-54)105-58-43(88)38(83)45(22(9-67)98-58)100-53-27(62-16(4)71)47(32(77)20(7-65)94-53)103-57-42(87)37(82)31(76)19(6-64)96-57/h13,17-59,63-68,72-89H,5-12H2,1-4H3,(H,60,69)(H,61,70)(H,62,71)/t13-,17+,18+,19+,20+,21+,22+,23+,24+,25+,26+,27+,28+,29-,30+,31-,32+,33+,34+,35+,36+,37-,38+,39+,40-,41-,42+,43-,44+,45+,46+,47+,48+,49-,50-,51?,52-,53-,54-,55-,56-,57-,58+,59-/m0/s1. The highest BCUT2D eigenvalue weighted by Gasteiger charge is 2.61. The van der Waals surface area contributed by atoms with Crippen LogP contribution < -0.4 is 16.0 Å². The molecular weight excluding hydrogens is 1450 g/mol. The Morgan fingerprint density at radius 2 is 0.670 bits per heavy atom. The van der Waals surface area contributed by atoms with Gasteiger partial charge < -0.3 is 219 Å². The van der Waals surface area contributed by atoms with Crippen LogP contribution in [0.2, 0.25) is 0 Å². The van der Waals surface area contributed by atoms with E-state index in [1.807, 2.05) is 0 Å².